The van der Waals surface area contributed by atoms with Crippen LogP contribution in [0.4, 0.5) is 0 Å². The lowest BCUT2D eigenvalue weighted by molar-refractivity contribution is -0.129. The molecule has 1 aromatic carbocycles. The molecule has 0 aliphatic heterocycles. The molecule has 4 heteroatoms. The van der Waals surface area contributed by atoms with Crippen LogP contribution in [0.2, 0.25) is 0 Å². The number of ether oxygens (including phenoxy) is 1. The fourth-order valence-electron chi connectivity index (χ4n) is 1.55. The number of hydrogen-bond acceptors (Lipinski definition) is 2. The number of para-hydroxylation sites is 1. The summed E-state index contributed by atoms with van der Waals surface area (Å²) in [6, 6.07) is 7.53. The largest absolute Gasteiger partial charge is 0.496 e. The topological polar surface area (TPSA) is 38.3 Å². The molecule has 0 unspecified atom stereocenters. The van der Waals surface area contributed by atoms with Gasteiger partial charge in [-0.15, -0.1) is 11.6 Å². The van der Waals surface area contributed by atoms with Gasteiger partial charge in [-0.25, -0.2) is 0 Å². The molecule has 0 bridgehead atoms. The Morgan fingerprint density at radius 2 is 2.06 bits per heavy atom. The van der Waals surface area contributed by atoms with Crippen molar-refractivity contribution >= 4 is 17.5 Å². The van der Waals surface area contributed by atoms with Crippen LogP contribution >= 0.6 is 11.6 Å². The number of halogens is 1. The minimum absolute atomic E-state index is 0.0593. The van der Waals surface area contributed by atoms with E-state index in [4.69, 9.17) is 16.3 Å². The van der Waals surface area contributed by atoms with Crippen molar-refractivity contribution < 1.29 is 9.53 Å². The van der Waals surface area contributed by atoms with Crippen LogP contribution in [0, 0.1) is 5.41 Å². The van der Waals surface area contributed by atoms with Crippen molar-refractivity contribution in [1.82, 2.24) is 5.32 Å². The smallest absolute Gasteiger partial charge is 0.227 e. The number of benzene rings is 1. The third-order valence-corrected chi connectivity index (χ3v) is 3.57. The highest BCUT2D eigenvalue weighted by molar-refractivity contribution is 6.19. The molecule has 1 atom stereocenters. The third kappa shape index (κ3) is 3.39. The van der Waals surface area contributed by atoms with Crippen molar-refractivity contribution in [1.29, 1.82) is 0 Å². The summed E-state index contributed by atoms with van der Waals surface area (Å²) in [5.41, 5.74) is 0.386. The van der Waals surface area contributed by atoms with Gasteiger partial charge in [-0.3, -0.25) is 4.79 Å². The van der Waals surface area contributed by atoms with E-state index in [1.807, 2.05) is 45.0 Å². The lowest BCUT2D eigenvalue weighted by atomic mass is 9.94. The van der Waals surface area contributed by atoms with Gasteiger partial charge in [0.25, 0.3) is 0 Å². The van der Waals surface area contributed by atoms with Crippen LogP contribution in [-0.4, -0.2) is 18.9 Å². The number of hydrogen-bond donors (Lipinski definition) is 1. The maximum absolute atomic E-state index is 12.0. The minimum atomic E-state index is -0.572. The second-order valence-electron chi connectivity index (χ2n) is 4.95. The summed E-state index contributed by atoms with van der Waals surface area (Å²) >= 11 is 5.79. The van der Waals surface area contributed by atoms with Gasteiger partial charge in [-0.05, 0) is 26.8 Å². The number of methoxy groups -OCH3 is 1. The van der Waals surface area contributed by atoms with Crippen LogP contribution in [0.3, 0.4) is 0 Å². The Balaban J connectivity index is 2.83. The van der Waals surface area contributed by atoms with Crippen molar-refractivity contribution in [2.24, 2.45) is 5.41 Å². The molecule has 1 N–H and O–H groups in total. The van der Waals surface area contributed by atoms with E-state index in [2.05, 4.69) is 5.32 Å². The van der Waals surface area contributed by atoms with E-state index in [-0.39, 0.29) is 17.8 Å². The lowest BCUT2D eigenvalue weighted by Crippen LogP contribution is -2.39. The Morgan fingerprint density at radius 1 is 1.44 bits per heavy atom. The quantitative estimate of drug-likeness (QED) is 0.834. The number of amides is 1. The van der Waals surface area contributed by atoms with Crippen LogP contribution in [0.25, 0.3) is 0 Å². The number of carbonyl (C=O) groups excluding carboxylic acids is 1. The molecule has 0 spiro atoms. The molecule has 18 heavy (non-hydrogen) atoms. The van der Waals surface area contributed by atoms with E-state index in [0.717, 1.165) is 11.3 Å². The SMILES string of the molecule is COc1ccccc1[C@H](C)NC(=O)C(C)(C)CCl. The Labute approximate surface area is 113 Å². The van der Waals surface area contributed by atoms with Crippen molar-refractivity contribution in [2.45, 2.75) is 26.8 Å². The molecule has 1 aromatic rings. The predicted molar refractivity (Wildman–Crippen MR) is 74.1 cm³/mol. The molecule has 0 fully saturated rings. The number of carbonyl (C=O) groups is 1. The van der Waals surface area contributed by atoms with Crippen molar-refractivity contribution in [3.8, 4) is 5.75 Å². The first kappa shape index (κ1) is 14.8. The maximum atomic E-state index is 12.0. The first-order valence-electron chi connectivity index (χ1n) is 5.92. The summed E-state index contributed by atoms with van der Waals surface area (Å²) < 4.78 is 5.28. The zero-order chi connectivity index (χ0) is 13.8. The van der Waals surface area contributed by atoms with E-state index in [0.29, 0.717) is 0 Å². The summed E-state index contributed by atoms with van der Waals surface area (Å²) in [7, 11) is 1.62. The molecule has 100 valence electrons. The third-order valence-electron chi connectivity index (χ3n) is 2.90. The van der Waals surface area contributed by atoms with Gasteiger partial charge in [0, 0.05) is 11.4 Å². The Hall–Kier alpha value is -1.22. The zero-order valence-electron chi connectivity index (χ0n) is 11.3. The molecular weight excluding hydrogens is 250 g/mol. The van der Waals surface area contributed by atoms with Gasteiger partial charge in [0.1, 0.15) is 5.75 Å². The number of alkyl halides is 1. The molecule has 3 nitrogen and oxygen atoms in total. The molecule has 0 saturated heterocycles. The standard InChI is InChI=1S/C14H20ClNO2/c1-10(16-13(17)14(2,3)9-15)11-7-5-6-8-12(11)18-4/h5-8,10H,9H2,1-4H3,(H,16,17)/t10-/m0/s1. The molecule has 0 heterocycles. The lowest BCUT2D eigenvalue weighted by Gasteiger charge is -2.24. The second-order valence-corrected chi connectivity index (χ2v) is 5.22. The summed E-state index contributed by atoms with van der Waals surface area (Å²) in [5, 5.41) is 2.96. The van der Waals surface area contributed by atoms with Gasteiger partial charge < -0.3 is 10.1 Å². The predicted octanol–water partition coefficient (Wildman–Crippen LogP) is 3.14. The molecule has 0 aliphatic carbocycles. The van der Waals surface area contributed by atoms with Crippen molar-refractivity contribution in [3.05, 3.63) is 29.8 Å². The Morgan fingerprint density at radius 3 is 2.61 bits per heavy atom. The molecule has 0 aromatic heterocycles. The van der Waals surface area contributed by atoms with E-state index in [1.165, 1.54) is 0 Å². The average molecular weight is 270 g/mol. The summed E-state index contributed by atoms with van der Waals surface area (Å²) in [5.74, 6) is 1.00. The maximum Gasteiger partial charge on any atom is 0.227 e. The first-order valence-corrected chi connectivity index (χ1v) is 6.45. The summed E-state index contributed by atoms with van der Waals surface area (Å²) in [4.78, 5) is 12.0. The van der Waals surface area contributed by atoms with Crippen LogP contribution < -0.4 is 10.1 Å². The monoisotopic (exact) mass is 269 g/mol. The summed E-state index contributed by atoms with van der Waals surface area (Å²) in [6.45, 7) is 5.58. The molecule has 1 amide bonds. The zero-order valence-corrected chi connectivity index (χ0v) is 12.0. The number of nitrogens with one attached hydrogen (secondary N) is 1. The molecular formula is C14H20ClNO2. The highest BCUT2D eigenvalue weighted by Gasteiger charge is 2.28. The van der Waals surface area contributed by atoms with Gasteiger partial charge in [-0.1, -0.05) is 18.2 Å². The van der Waals surface area contributed by atoms with Crippen LogP contribution in [0.5, 0.6) is 5.75 Å². The van der Waals surface area contributed by atoms with Gasteiger partial charge in [0.2, 0.25) is 5.91 Å². The van der Waals surface area contributed by atoms with E-state index < -0.39 is 5.41 Å². The summed E-state index contributed by atoms with van der Waals surface area (Å²) in [6.07, 6.45) is 0. The van der Waals surface area contributed by atoms with E-state index >= 15 is 0 Å². The Bertz CT molecular complexity index is 418. The van der Waals surface area contributed by atoms with Gasteiger partial charge in [0.05, 0.1) is 18.6 Å². The fraction of sp³-hybridized carbons (Fsp3) is 0.500. The van der Waals surface area contributed by atoms with Crippen LogP contribution in [0.1, 0.15) is 32.4 Å². The molecule has 0 radical (unpaired) electrons. The molecule has 1 rings (SSSR count). The average Bonchev–Trinajstić information content (AvgIpc) is 2.38. The minimum Gasteiger partial charge on any atom is -0.496 e. The van der Waals surface area contributed by atoms with Crippen molar-refractivity contribution in [2.75, 3.05) is 13.0 Å². The van der Waals surface area contributed by atoms with Crippen LogP contribution in [-0.2, 0) is 4.79 Å². The van der Waals surface area contributed by atoms with Gasteiger partial charge >= 0.3 is 0 Å². The van der Waals surface area contributed by atoms with Crippen molar-refractivity contribution in [3.63, 3.8) is 0 Å². The van der Waals surface area contributed by atoms with E-state index in [9.17, 15) is 4.79 Å². The first-order chi connectivity index (χ1) is 8.42. The molecule has 0 aliphatic rings. The van der Waals surface area contributed by atoms with E-state index in [1.54, 1.807) is 7.11 Å². The highest BCUT2D eigenvalue weighted by Crippen LogP contribution is 2.26. The van der Waals surface area contributed by atoms with Gasteiger partial charge in [-0.2, -0.15) is 0 Å². The second kappa shape index (κ2) is 6.10. The fourth-order valence-corrected chi connectivity index (χ4v) is 1.68. The van der Waals surface area contributed by atoms with Gasteiger partial charge in [0.15, 0.2) is 0 Å². The molecule has 0 saturated carbocycles. The number of rotatable bonds is 5. The van der Waals surface area contributed by atoms with Crippen LogP contribution in [0.15, 0.2) is 24.3 Å². The normalized spacial score (nSPS) is 12.9. The Kier molecular flexibility index (Phi) is 5.03. The highest BCUT2D eigenvalue weighted by atomic mass is 35.5.